The highest BCUT2D eigenvalue weighted by molar-refractivity contribution is 5.91. The molecule has 2 aromatic rings. The fourth-order valence-corrected chi connectivity index (χ4v) is 1.85. The molecule has 0 aliphatic carbocycles. The Labute approximate surface area is 119 Å². The van der Waals surface area contributed by atoms with Gasteiger partial charge < -0.3 is 9.47 Å². The van der Waals surface area contributed by atoms with Gasteiger partial charge in [-0.25, -0.2) is 0 Å². The Morgan fingerprint density at radius 3 is 1.85 bits per heavy atom. The molecule has 0 bridgehead atoms. The fourth-order valence-electron chi connectivity index (χ4n) is 1.85. The van der Waals surface area contributed by atoms with Crippen molar-refractivity contribution in [3.05, 3.63) is 59.7 Å². The summed E-state index contributed by atoms with van der Waals surface area (Å²) in [7, 11) is 1.49. The van der Waals surface area contributed by atoms with Gasteiger partial charge in [0.05, 0.1) is 7.11 Å². The molecule has 1 N–H and O–H groups in total. The largest absolute Gasteiger partial charge is 0.481 e. The van der Waals surface area contributed by atoms with Crippen LogP contribution < -0.4 is 4.74 Å². The first-order valence-electron chi connectivity index (χ1n) is 6.61. The molecule has 0 fully saturated rings. The molecule has 3 nitrogen and oxygen atoms in total. The van der Waals surface area contributed by atoms with E-state index in [2.05, 4.69) is 26.0 Å². The molecule has 0 radical (unpaired) electrons. The third-order valence-corrected chi connectivity index (χ3v) is 3.10. The topological polar surface area (TPSA) is 42.3 Å². The van der Waals surface area contributed by atoms with Gasteiger partial charge in [0.2, 0.25) is 5.90 Å². The maximum atomic E-state index is 7.57. The minimum Gasteiger partial charge on any atom is -0.481 e. The van der Waals surface area contributed by atoms with Gasteiger partial charge in [0.25, 0.3) is 0 Å². The molecule has 0 atom stereocenters. The highest BCUT2D eigenvalue weighted by Gasteiger charge is 2.03. The molecule has 3 heteroatoms. The fraction of sp³-hybridized carbons (Fsp3) is 0.235. The summed E-state index contributed by atoms with van der Waals surface area (Å²) >= 11 is 0. The maximum absolute atomic E-state index is 7.57. The molecule has 104 valence electrons. The molecule has 2 rings (SSSR count). The summed E-state index contributed by atoms with van der Waals surface area (Å²) in [5, 5.41) is 7.57. The van der Waals surface area contributed by atoms with Gasteiger partial charge in [0, 0.05) is 5.56 Å². The lowest BCUT2D eigenvalue weighted by Crippen LogP contribution is -2.00. The maximum Gasteiger partial charge on any atom is 0.212 e. The van der Waals surface area contributed by atoms with Gasteiger partial charge in [0.15, 0.2) is 0 Å². The van der Waals surface area contributed by atoms with Crippen LogP contribution in [-0.4, -0.2) is 13.0 Å². The van der Waals surface area contributed by atoms with Crippen molar-refractivity contribution >= 4 is 5.90 Å². The number of benzene rings is 2. The Morgan fingerprint density at radius 1 is 0.900 bits per heavy atom. The Morgan fingerprint density at radius 2 is 1.40 bits per heavy atom. The summed E-state index contributed by atoms with van der Waals surface area (Å²) in [5.41, 5.74) is 2.02. The van der Waals surface area contributed by atoms with Gasteiger partial charge in [-0.1, -0.05) is 26.0 Å². The van der Waals surface area contributed by atoms with Crippen molar-refractivity contribution in [2.45, 2.75) is 19.8 Å². The van der Waals surface area contributed by atoms with E-state index in [4.69, 9.17) is 14.9 Å². The standard InChI is InChI=1S/C17H19NO2/c1-12(2)13-4-8-15(9-5-13)20-16-10-6-14(7-11-16)17(18)19-3/h4-12,18H,1-3H3. The predicted octanol–water partition coefficient (Wildman–Crippen LogP) is 4.57. The third kappa shape index (κ3) is 3.38. The summed E-state index contributed by atoms with van der Waals surface area (Å²) in [6.07, 6.45) is 0. The van der Waals surface area contributed by atoms with E-state index in [9.17, 15) is 0 Å². The van der Waals surface area contributed by atoms with Crippen LogP contribution in [-0.2, 0) is 4.74 Å². The van der Waals surface area contributed by atoms with E-state index in [0.29, 0.717) is 5.92 Å². The molecule has 0 aromatic heterocycles. The summed E-state index contributed by atoms with van der Waals surface area (Å²) < 4.78 is 10.6. The van der Waals surface area contributed by atoms with Gasteiger partial charge >= 0.3 is 0 Å². The lowest BCUT2D eigenvalue weighted by Gasteiger charge is -2.09. The normalized spacial score (nSPS) is 10.4. The summed E-state index contributed by atoms with van der Waals surface area (Å²) in [6.45, 7) is 4.33. The smallest absolute Gasteiger partial charge is 0.212 e. The highest BCUT2D eigenvalue weighted by atomic mass is 16.5. The zero-order valence-corrected chi connectivity index (χ0v) is 12.0. The van der Waals surface area contributed by atoms with Crippen molar-refractivity contribution in [1.29, 1.82) is 5.41 Å². The molecule has 0 saturated heterocycles. The van der Waals surface area contributed by atoms with Crippen LogP contribution in [0.5, 0.6) is 11.5 Å². The van der Waals surface area contributed by atoms with E-state index in [0.717, 1.165) is 17.1 Å². The quantitative estimate of drug-likeness (QED) is 0.652. The van der Waals surface area contributed by atoms with E-state index in [1.165, 1.54) is 12.7 Å². The molecular formula is C17H19NO2. The lowest BCUT2D eigenvalue weighted by atomic mass is 10.0. The van der Waals surface area contributed by atoms with Gasteiger partial charge in [0.1, 0.15) is 11.5 Å². The van der Waals surface area contributed by atoms with E-state index < -0.39 is 0 Å². The van der Waals surface area contributed by atoms with Crippen LogP contribution in [0.15, 0.2) is 48.5 Å². The molecule has 0 unspecified atom stereocenters. The Kier molecular flexibility index (Phi) is 4.41. The number of hydrogen-bond acceptors (Lipinski definition) is 3. The van der Waals surface area contributed by atoms with Crippen LogP contribution in [0.25, 0.3) is 0 Å². The van der Waals surface area contributed by atoms with Crippen LogP contribution in [0.3, 0.4) is 0 Å². The van der Waals surface area contributed by atoms with Crippen molar-refractivity contribution in [3.8, 4) is 11.5 Å². The minimum absolute atomic E-state index is 0.151. The highest BCUT2D eigenvalue weighted by Crippen LogP contribution is 2.24. The Hall–Kier alpha value is -2.29. The van der Waals surface area contributed by atoms with Gasteiger partial charge in [-0.15, -0.1) is 0 Å². The number of rotatable bonds is 4. The van der Waals surface area contributed by atoms with Crippen molar-refractivity contribution in [2.75, 3.05) is 7.11 Å². The first-order chi connectivity index (χ1) is 9.60. The van der Waals surface area contributed by atoms with E-state index in [1.807, 2.05) is 36.4 Å². The van der Waals surface area contributed by atoms with Crippen molar-refractivity contribution in [2.24, 2.45) is 0 Å². The number of hydrogen-bond donors (Lipinski definition) is 1. The first kappa shape index (κ1) is 14.1. The molecule has 0 heterocycles. The second-order valence-corrected chi connectivity index (χ2v) is 4.88. The zero-order chi connectivity index (χ0) is 14.5. The Balaban J connectivity index is 2.08. The zero-order valence-electron chi connectivity index (χ0n) is 12.0. The SMILES string of the molecule is COC(=N)c1ccc(Oc2ccc(C(C)C)cc2)cc1. The minimum atomic E-state index is 0.151. The molecule has 2 aromatic carbocycles. The average Bonchev–Trinajstić information content (AvgIpc) is 2.48. The molecule has 0 amide bonds. The summed E-state index contributed by atoms with van der Waals surface area (Å²) in [4.78, 5) is 0. The van der Waals surface area contributed by atoms with Crippen LogP contribution in [0.4, 0.5) is 0 Å². The van der Waals surface area contributed by atoms with Gasteiger partial charge in [-0.05, 0) is 47.9 Å². The van der Waals surface area contributed by atoms with E-state index >= 15 is 0 Å². The number of nitrogens with one attached hydrogen (secondary N) is 1. The van der Waals surface area contributed by atoms with Crippen molar-refractivity contribution in [1.82, 2.24) is 0 Å². The number of methoxy groups -OCH3 is 1. The molecule has 0 spiro atoms. The van der Waals surface area contributed by atoms with Crippen LogP contribution in [0.2, 0.25) is 0 Å². The molecule has 20 heavy (non-hydrogen) atoms. The van der Waals surface area contributed by atoms with Crippen LogP contribution in [0.1, 0.15) is 30.9 Å². The molecule has 0 aliphatic heterocycles. The van der Waals surface area contributed by atoms with E-state index in [1.54, 1.807) is 0 Å². The second kappa shape index (κ2) is 6.24. The first-order valence-corrected chi connectivity index (χ1v) is 6.61. The summed E-state index contributed by atoms with van der Waals surface area (Å²) in [6, 6.07) is 15.4. The average molecular weight is 269 g/mol. The predicted molar refractivity (Wildman–Crippen MR) is 80.9 cm³/mol. The van der Waals surface area contributed by atoms with Crippen LogP contribution >= 0.6 is 0 Å². The lowest BCUT2D eigenvalue weighted by molar-refractivity contribution is 0.401. The molecule has 0 saturated carbocycles. The van der Waals surface area contributed by atoms with Crippen molar-refractivity contribution < 1.29 is 9.47 Å². The molecular weight excluding hydrogens is 250 g/mol. The summed E-state index contributed by atoms with van der Waals surface area (Å²) in [5.74, 6) is 2.22. The van der Waals surface area contributed by atoms with Gasteiger partial charge in [-0.3, -0.25) is 5.41 Å². The monoisotopic (exact) mass is 269 g/mol. The van der Waals surface area contributed by atoms with E-state index in [-0.39, 0.29) is 5.90 Å². The Bertz CT molecular complexity index is 571. The van der Waals surface area contributed by atoms with Crippen molar-refractivity contribution in [3.63, 3.8) is 0 Å². The third-order valence-electron chi connectivity index (χ3n) is 3.10. The van der Waals surface area contributed by atoms with Gasteiger partial charge in [-0.2, -0.15) is 0 Å². The number of ether oxygens (including phenoxy) is 2. The van der Waals surface area contributed by atoms with Crippen LogP contribution in [0, 0.1) is 5.41 Å². The molecule has 0 aliphatic rings. The second-order valence-electron chi connectivity index (χ2n) is 4.88.